The van der Waals surface area contributed by atoms with Crippen LogP contribution < -0.4 is 10.2 Å². The number of allylic oxidation sites excluding steroid dienone is 4. The Balaban J connectivity index is 2.17. The lowest BCUT2D eigenvalue weighted by atomic mass is 9.66. The average Bonchev–Trinajstić information content (AvgIpc) is 2.72. The van der Waals surface area contributed by atoms with Gasteiger partial charge in [0.25, 0.3) is 0 Å². The normalized spacial score (nSPS) is 20.4. The molecule has 178 valence electrons. The lowest BCUT2D eigenvalue weighted by Crippen LogP contribution is -2.45. The number of carboxylic acids is 1. The maximum absolute atomic E-state index is 13.9. The van der Waals surface area contributed by atoms with Crippen molar-refractivity contribution >= 4 is 28.8 Å². The Morgan fingerprint density at radius 2 is 1.85 bits per heavy atom. The van der Waals surface area contributed by atoms with Crippen molar-refractivity contribution in [2.24, 2.45) is 0 Å². The van der Waals surface area contributed by atoms with E-state index in [4.69, 9.17) is 9.15 Å². The molecular weight excluding hydrogens is 436 g/mol. The highest BCUT2D eigenvalue weighted by Crippen LogP contribution is 2.46. The van der Waals surface area contributed by atoms with Crippen LogP contribution in [0.5, 0.6) is 11.5 Å². The number of carboxylic acid groups (broad SMARTS) is 1. The van der Waals surface area contributed by atoms with Crippen LogP contribution >= 0.6 is 0 Å². The standard InChI is InChI=1S/C27H28O7/c1-13(2)7-10-27(25(31)32)12-16(14(3)4)21(29)24-20(27)22(30)19-17(28)11-18-15(23(19)33-24)8-9-26(5,6)34-18/h7-9,11,28H,10,12H2,1-6H3,(H,31,32). The van der Waals surface area contributed by atoms with Crippen LogP contribution in [0.15, 0.2) is 44.1 Å². The second kappa shape index (κ2) is 7.72. The number of ether oxygens (including phenoxy) is 1. The van der Waals surface area contributed by atoms with Gasteiger partial charge in [-0.15, -0.1) is 0 Å². The molecule has 0 spiro atoms. The molecule has 0 bridgehead atoms. The molecule has 1 aromatic heterocycles. The molecule has 7 heteroatoms. The molecule has 2 N–H and O–H groups in total. The summed E-state index contributed by atoms with van der Waals surface area (Å²) in [5.74, 6) is -2.12. The minimum atomic E-state index is -1.71. The van der Waals surface area contributed by atoms with E-state index in [0.29, 0.717) is 22.5 Å². The Morgan fingerprint density at radius 1 is 1.18 bits per heavy atom. The lowest BCUT2D eigenvalue weighted by molar-refractivity contribution is -0.144. The van der Waals surface area contributed by atoms with E-state index in [-0.39, 0.29) is 35.1 Å². The third kappa shape index (κ3) is 3.47. The quantitative estimate of drug-likeness (QED) is 0.469. The van der Waals surface area contributed by atoms with Crippen LogP contribution in [0.2, 0.25) is 0 Å². The lowest BCUT2D eigenvalue weighted by Gasteiger charge is -2.35. The smallest absolute Gasteiger partial charge is 0.315 e. The minimum Gasteiger partial charge on any atom is -0.507 e. The van der Waals surface area contributed by atoms with Gasteiger partial charge in [-0.2, -0.15) is 0 Å². The number of benzene rings is 1. The number of hydrogen-bond acceptors (Lipinski definition) is 6. The summed E-state index contributed by atoms with van der Waals surface area (Å²) in [6, 6.07) is 1.33. The number of fused-ring (bicyclic) bond motifs is 4. The number of aromatic hydroxyl groups is 1. The Bertz CT molecular complexity index is 1410. The molecule has 1 unspecified atom stereocenters. The Kier molecular flexibility index (Phi) is 5.35. The molecule has 0 saturated heterocycles. The van der Waals surface area contributed by atoms with Crippen LogP contribution in [-0.2, 0) is 10.2 Å². The first-order valence-corrected chi connectivity index (χ1v) is 11.1. The van der Waals surface area contributed by atoms with Gasteiger partial charge < -0.3 is 19.4 Å². The third-order valence-electron chi connectivity index (χ3n) is 6.48. The zero-order chi connectivity index (χ0) is 25.2. The summed E-state index contributed by atoms with van der Waals surface area (Å²) in [6.45, 7) is 10.8. The van der Waals surface area contributed by atoms with Crippen molar-refractivity contribution in [1.82, 2.24) is 0 Å². The summed E-state index contributed by atoms with van der Waals surface area (Å²) in [4.78, 5) is 40.1. The van der Waals surface area contributed by atoms with Gasteiger partial charge in [-0.3, -0.25) is 14.4 Å². The van der Waals surface area contributed by atoms with Crippen molar-refractivity contribution in [2.45, 2.75) is 65.4 Å². The predicted octanol–water partition coefficient (Wildman–Crippen LogP) is 5.28. The van der Waals surface area contributed by atoms with E-state index in [1.807, 2.05) is 27.7 Å². The molecule has 0 radical (unpaired) electrons. The summed E-state index contributed by atoms with van der Waals surface area (Å²) < 4.78 is 12.0. The molecule has 2 aromatic rings. The highest BCUT2D eigenvalue weighted by Gasteiger charge is 2.51. The van der Waals surface area contributed by atoms with Gasteiger partial charge in [-0.25, -0.2) is 0 Å². The SMILES string of the molecule is CC(C)=CCC1(C(=O)O)CC(=C(C)C)C(=O)c2oc3c4c(cc(O)c3c(=O)c21)OC(C)(C)C=C4. The first-order chi connectivity index (χ1) is 15.8. The van der Waals surface area contributed by atoms with Crippen molar-refractivity contribution in [3.63, 3.8) is 0 Å². The van der Waals surface area contributed by atoms with Gasteiger partial charge in [0.1, 0.15) is 27.9 Å². The van der Waals surface area contributed by atoms with Crippen LogP contribution in [-0.4, -0.2) is 27.6 Å². The number of phenolic OH excluding ortho intramolecular Hbond substituents is 1. The monoisotopic (exact) mass is 464 g/mol. The molecule has 2 aliphatic rings. The van der Waals surface area contributed by atoms with Crippen molar-refractivity contribution in [2.75, 3.05) is 0 Å². The topological polar surface area (TPSA) is 114 Å². The van der Waals surface area contributed by atoms with E-state index in [1.165, 1.54) is 6.07 Å². The number of carbonyl (C=O) groups excluding carboxylic acids is 1. The number of Topliss-reactive ketones (excluding diaryl/α,β-unsaturated/α-hetero) is 1. The maximum atomic E-state index is 13.9. The molecule has 34 heavy (non-hydrogen) atoms. The van der Waals surface area contributed by atoms with Crippen molar-refractivity contribution in [3.05, 3.63) is 62.0 Å². The van der Waals surface area contributed by atoms with Crippen LogP contribution in [0, 0.1) is 0 Å². The molecule has 7 nitrogen and oxygen atoms in total. The molecule has 0 saturated carbocycles. The molecule has 1 atom stereocenters. The summed E-state index contributed by atoms with van der Waals surface area (Å²) in [5, 5.41) is 21.0. The van der Waals surface area contributed by atoms with Gasteiger partial charge in [0.2, 0.25) is 11.2 Å². The Morgan fingerprint density at radius 3 is 2.44 bits per heavy atom. The van der Waals surface area contributed by atoms with Gasteiger partial charge in [0.05, 0.1) is 11.1 Å². The number of ketones is 1. The second-order valence-electron chi connectivity index (χ2n) is 10.0. The zero-order valence-corrected chi connectivity index (χ0v) is 20.2. The van der Waals surface area contributed by atoms with Gasteiger partial charge in [-0.1, -0.05) is 17.2 Å². The zero-order valence-electron chi connectivity index (χ0n) is 20.2. The molecular formula is C27H28O7. The Hall–Kier alpha value is -3.61. The maximum Gasteiger partial charge on any atom is 0.315 e. The van der Waals surface area contributed by atoms with Crippen LogP contribution in [0.1, 0.15) is 76.1 Å². The highest BCUT2D eigenvalue weighted by atomic mass is 16.5. The molecule has 1 aliphatic carbocycles. The van der Waals surface area contributed by atoms with E-state index in [2.05, 4.69) is 0 Å². The fourth-order valence-electron chi connectivity index (χ4n) is 4.62. The van der Waals surface area contributed by atoms with Crippen LogP contribution in [0.3, 0.4) is 0 Å². The number of carbonyl (C=O) groups is 2. The fourth-order valence-corrected chi connectivity index (χ4v) is 4.62. The Labute approximate surface area is 197 Å². The number of aliphatic carboxylic acids is 1. The first kappa shape index (κ1) is 23.5. The van der Waals surface area contributed by atoms with Gasteiger partial charge in [-0.05, 0) is 66.5 Å². The number of hydrogen-bond donors (Lipinski definition) is 2. The average molecular weight is 465 g/mol. The van der Waals surface area contributed by atoms with Crippen LogP contribution in [0.4, 0.5) is 0 Å². The largest absolute Gasteiger partial charge is 0.507 e. The predicted molar refractivity (Wildman–Crippen MR) is 129 cm³/mol. The fraction of sp³-hybridized carbons (Fsp3) is 0.370. The molecule has 0 fully saturated rings. The number of rotatable bonds is 3. The third-order valence-corrected chi connectivity index (χ3v) is 6.48. The number of phenols is 1. The second-order valence-corrected chi connectivity index (χ2v) is 10.0. The van der Waals surface area contributed by atoms with Gasteiger partial charge in [0, 0.05) is 11.6 Å². The minimum absolute atomic E-state index is 0.000892. The van der Waals surface area contributed by atoms with Crippen molar-refractivity contribution in [3.8, 4) is 11.5 Å². The van der Waals surface area contributed by atoms with E-state index in [1.54, 1.807) is 32.1 Å². The summed E-state index contributed by atoms with van der Waals surface area (Å²) in [5.41, 5.74) is -1.05. The summed E-state index contributed by atoms with van der Waals surface area (Å²) in [7, 11) is 0. The van der Waals surface area contributed by atoms with E-state index in [9.17, 15) is 24.6 Å². The molecule has 1 aromatic carbocycles. The molecule has 1 aliphatic heterocycles. The first-order valence-electron chi connectivity index (χ1n) is 11.1. The van der Waals surface area contributed by atoms with Gasteiger partial charge in [0.15, 0.2) is 11.3 Å². The van der Waals surface area contributed by atoms with E-state index in [0.717, 1.165) is 5.57 Å². The molecule has 4 rings (SSSR count). The molecule has 2 heterocycles. The van der Waals surface area contributed by atoms with Gasteiger partial charge >= 0.3 is 5.97 Å². The summed E-state index contributed by atoms with van der Waals surface area (Å²) in [6.07, 6.45) is 5.11. The van der Waals surface area contributed by atoms with E-state index < -0.39 is 33.9 Å². The van der Waals surface area contributed by atoms with Crippen LogP contribution in [0.25, 0.3) is 17.0 Å². The van der Waals surface area contributed by atoms with Crippen molar-refractivity contribution < 1.29 is 29.0 Å². The molecule has 0 amide bonds. The van der Waals surface area contributed by atoms with Crippen molar-refractivity contribution in [1.29, 1.82) is 0 Å². The van der Waals surface area contributed by atoms with E-state index >= 15 is 0 Å². The summed E-state index contributed by atoms with van der Waals surface area (Å²) >= 11 is 0. The highest BCUT2D eigenvalue weighted by molar-refractivity contribution is 6.13.